The predicted molar refractivity (Wildman–Crippen MR) is 60.8 cm³/mol. The first kappa shape index (κ1) is 11.8. The van der Waals surface area contributed by atoms with Crippen molar-refractivity contribution in [3.63, 3.8) is 0 Å². The lowest BCUT2D eigenvalue weighted by molar-refractivity contribution is 0.311. The molecule has 1 aliphatic rings. The lowest BCUT2D eigenvalue weighted by atomic mass is 10.1. The minimum atomic E-state index is -1.05. The Balaban J connectivity index is 2.28. The third-order valence-electron chi connectivity index (χ3n) is 3.03. The summed E-state index contributed by atoms with van der Waals surface area (Å²) in [5, 5.41) is 8.60. The van der Waals surface area contributed by atoms with Gasteiger partial charge in [0.05, 0.1) is 11.3 Å². The Hall–Kier alpha value is -1.67. The highest BCUT2D eigenvalue weighted by Crippen LogP contribution is 2.24. The van der Waals surface area contributed by atoms with E-state index in [0.717, 1.165) is 13.1 Å². The fraction of sp³-hybridized carbons (Fsp3) is 0.417. The molecule has 1 saturated heterocycles. The number of nitrogens with zero attached hydrogens (tertiary/aromatic N) is 3. The number of rotatable bonds is 1. The van der Waals surface area contributed by atoms with Crippen LogP contribution in [0.15, 0.2) is 12.1 Å². The number of anilines is 1. The fourth-order valence-corrected chi connectivity index (χ4v) is 1.92. The molecule has 1 aromatic rings. The van der Waals surface area contributed by atoms with E-state index >= 15 is 0 Å². The molecule has 1 heterocycles. The molecule has 0 amide bonds. The predicted octanol–water partition coefficient (Wildman–Crippen LogP) is 1.59. The van der Waals surface area contributed by atoms with Crippen molar-refractivity contribution in [2.45, 2.75) is 0 Å². The Kier molecular flexibility index (Phi) is 3.25. The molecule has 0 unspecified atom stereocenters. The van der Waals surface area contributed by atoms with Gasteiger partial charge in [-0.3, -0.25) is 0 Å². The van der Waals surface area contributed by atoms with Gasteiger partial charge in [0, 0.05) is 26.2 Å². The normalized spacial score (nSPS) is 16.9. The number of piperazine rings is 1. The molecular formula is C12H13F2N3. The maximum absolute atomic E-state index is 13.7. The third kappa shape index (κ3) is 2.22. The van der Waals surface area contributed by atoms with Gasteiger partial charge in [-0.15, -0.1) is 0 Å². The molecule has 3 nitrogen and oxygen atoms in total. The summed E-state index contributed by atoms with van der Waals surface area (Å²) in [4.78, 5) is 3.94. The van der Waals surface area contributed by atoms with Crippen molar-refractivity contribution >= 4 is 5.69 Å². The van der Waals surface area contributed by atoms with Gasteiger partial charge >= 0.3 is 0 Å². The van der Waals surface area contributed by atoms with Crippen molar-refractivity contribution in [2.75, 3.05) is 38.1 Å². The van der Waals surface area contributed by atoms with E-state index in [2.05, 4.69) is 4.90 Å². The van der Waals surface area contributed by atoms with Crippen LogP contribution >= 0.6 is 0 Å². The average Bonchev–Trinajstić information content (AvgIpc) is 2.34. The number of hydrogen-bond donors (Lipinski definition) is 0. The lowest BCUT2D eigenvalue weighted by Gasteiger charge is -2.34. The summed E-state index contributed by atoms with van der Waals surface area (Å²) in [7, 11) is 1.99. The zero-order chi connectivity index (χ0) is 12.4. The van der Waals surface area contributed by atoms with Gasteiger partial charge in [-0.2, -0.15) is 5.26 Å². The van der Waals surface area contributed by atoms with Crippen LogP contribution in [-0.2, 0) is 0 Å². The van der Waals surface area contributed by atoms with Crippen molar-refractivity contribution in [3.8, 4) is 6.07 Å². The summed E-state index contributed by atoms with van der Waals surface area (Å²) in [6.45, 7) is 2.97. The first-order chi connectivity index (χ1) is 8.13. The van der Waals surface area contributed by atoms with Gasteiger partial charge in [-0.25, -0.2) is 8.78 Å². The minimum Gasteiger partial charge on any atom is -0.367 e. The first-order valence-corrected chi connectivity index (χ1v) is 5.45. The molecule has 1 aliphatic heterocycles. The van der Waals surface area contributed by atoms with Crippen LogP contribution in [0.5, 0.6) is 0 Å². The van der Waals surface area contributed by atoms with E-state index < -0.39 is 11.6 Å². The summed E-state index contributed by atoms with van der Waals surface area (Å²) in [5.74, 6) is -1.97. The second kappa shape index (κ2) is 4.68. The number of nitriles is 1. The van der Waals surface area contributed by atoms with Crippen molar-refractivity contribution in [1.82, 2.24) is 4.90 Å². The second-order valence-corrected chi connectivity index (χ2v) is 4.16. The molecule has 0 bridgehead atoms. The summed E-state index contributed by atoms with van der Waals surface area (Å²) >= 11 is 0. The van der Waals surface area contributed by atoms with E-state index in [-0.39, 0.29) is 11.3 Å². The van der Waals surface area contributed by atoms with Crippen LogP contribution in [0.4, 0.5) is 14.5 Å². The van der Waals surface area contributed by atoms with Crippen LogP contribution in [0.2, 0.25) is 0 Å². The Morgan fingerprint density at radius 2 is 1.76 bits per heavy atom. The molecule has 2 rings (SSSR count). The van der Waals surface area contributed by atoms with Crippen LogP contribution in [0.1, 0.15) is 5.56 Å². The van der Waals surface area contributed by atoms with Crippen LogP contribution in [0.3, 0.4) is 0 Å². The van der Waals surface area contributed by atoms with E-state index in [4.69, 9.17) is 5.26 Å². The van der Waals surface area contributed by atoms with Crippen LogP contribution < -0.4 is 4.90 Å². The molecule has 0 spiro atoms. The molecule has 90 valence electrons. The molecule has 0 N–H and O–H groups in total. The molecule has 0 aliphatic carbocycles. The van der Waals surface area contributed by atoms with Crippen LogP contribution in [0, 0.1) is 23.0 Å². The third-order valence-corrected chi connectivity index (χ3v) is 3.03. The second-order valence-electron chi connectivity index (χ2n) is 4.16. The highest BCUT2D eigenvalue weighted by molar-refractivity contribution is 5.52. The van der Waals surface area contributed by atoms with Gasteiger partial charge in [0.2, 0.25) is 0 Å². The number of halogens is 2. The first-order valence-electron chi connectivity index (χ1n) is 5.45. The monoisotopic (exact) mass is 237 g/mol. The Morgan fingerprint density at radius 1 is 1.12 bits per heavy atom. The number of hydrogen-bond acceptors (Lipinski definition) is 3. The van der Waals surface area contributed by atoms with Crippen LogP contribution in [-0.4, -0.2) is 38.1 Å². The standard InChI is InChI=1S/C12H13F2N3/c1-16-4-6-17(7-5-16)10-3-2-9(8-15)11(13)12(10)14/h2-3H,4-7H2,1H3. The molecule has 1 aromatic carbocycles. The van der Waals surface area contributed by atoms with Gasteiger partial charge in [0.25, 0.3) is 0 Å². The number of likely N-dealkylation sites (N-methyl/N-ethyl adjacent to an activating group) is 1. The van der Waals surface area contributed by atoms with Crippen molar-refractivity contribution in [3.05, 3.63) is 29.3 Å². The largest absolute Gasteiger partial charge is 0.367 e. The summed E-state index contributed by atoms with van der Waals surface area (Å²) in [6, 6.07) is 4.43. The van der Waals surface area contributed by atoms with Gasteiger partial charge in [-0.1, -0.05) is 0 Å². The average molecular weight is 237 g/mol. The van der Waals surface area contributed by atoms with Gasteiger partial charge in [-0.05, 0) is 19.2 Å². The van der Waals surface area contributed by atoms with E-state index in [0.29, 0.717) is 13.1 Å². The molecule has 5 heteroatoms. The number of benzene rings is 1. The molecule has 0 radical (unpaired) electrons. The molecule has 1 fully saturated rings. The van der Waals surface area contributed by atoms with Gasteiger partial charge in [0.15, 0.2) is 11.6 Å². The molecular weight excluding hydrogens is 224 g/mol. The fourth-order valence-electron chi connectivity index (χ4n) is 1.92. The van der Waals surface area contributed by atoms with Crippen molar-refractivity contribution in [1.29, 1.82) is 5.26 Å². The lowest BCUT2D eigenvalue weighted by Crippen LogP contribution is -2.44. The SMILES string of the molecule is CN1CCN(c2ccc(C#N)c(F)c2F)CC1. The highest BCUT2D eigenvalue weighted by Gasteiger charge is 2.20. The smallest absolute Gasteiger partial charge is 0.183 e. The Bertz CT molecular complexity index is 460. The topological polar surface area (TPSA) is 30.3 Å². The molecule has 0 atom stereocenters. The zero-order valence-corrected chi connectivity index (χ0v) is 9.58. The van der Waals surface area contributed by atoms with E-state index in [1.54, 1.807) is 11.0 Å². The minimum absolute atomic E-state index is 0.245. The van der Waals surface area contributed by atoms with E-state index in [9.17, 15) is 8.78 Å². The van der Waals surface area contributed by atoms with Crippen molar-refractivity contribution < 1.29 is 8.78 Å². The Morgan fingerprint density at radius 3 is 2.35 bits per heavy atom. The van der Waals surface area contributed by atoms with E-state index in [1.807, 2.05) is 7.05 Å². The zero-order valence-electron chi connectivity index (χ0n) is 9.58. The van der Waals surface area contributed by atoms with Crippen molar-refractivity contribution in [2.24, 2.45) is 0 Å². The van der Waals surface area contributed by atoms with Gasteiger partial charge < -0.3 is 9.80 Å². The molecule has 0 saturated carbocycles. The summed E-state index contributed by atoms with van der Waals surface area (Å²) in [5.41, 5.74) is -0.00465. The maximum atomic E-state index is 13.7. The maximum Gasteiger partial charge on any atom is 0.183 e. The van der Waals surface area contributed by atoms with Gasteiger partial charge in [0.1, 0.15) is 6.07 Å². The van der Waals surface area contributed by atoms with E-state index in [1.165, 1.54) is 12.1 Å². The molecule has 17 heavy (non-hydrogen) atoms. The molecule has 0 aromatic heterocycles. The van der Waals surface area contributed by atoms with Crippen LogP contribution in [0.25, 0.3) is 0 Å². The Labute approximate surface area is 98.9 Å². The summed E-state index contributed by atoms with van der Waals surface area (Å²) < 4.78 is 27.2. The highest BCUT2D eigenvalue weighted by atomic mass is 19.2. The quantitative estimate of drug-likeness (QED) is 0.743. The summed E-state index contributed by atoms with van der Waals surface area (Å²) in [6.07, 6.45) is 0.